The normalized spacial score (nSPS) is 10.2. The lowest BCUT2D eigenvalue weighted by atomic mass is 10.2. The quantitative estimate of drug-likeness (QED) is 0.872. The number of benzene rings is 1. The Bertz CT molecular complexity index is 488. The van der Waals surface area contributed by atoms with Crippen LogP contribution in [-0.4, -0.2) is 26.7 Å². The highest BCUT2D eigenvalue weighted by atomic mass is 16.5. The molecule has 0 atom stereocenters. The third-order valence-electron chi connectivity index (χ3n) is 2.18. The largest absolute Gasteiger partial charge is 0.507 e. The summed E-state index contributed by atoms with van der Waals surface area (Å²) in [6.07, 6.45) is 3.71. The lowest BCUT2D eigenvalue weighted by molar-refractivity contribution is 0.315. The van der Waals surface area contributed by atoms with Crippen LogP contribution in [0.1, 0.15) is 13.3 Å². The van der Waals surface area contributed by atoms with E-state index in [1.807, 2.05) is 6.92 Å². The summed E-state index contributed by atoms with van der Waals surface area (Å²) in [4.78, 5) is 11.7. The standard InChI is InChI=1S/C12H13N3O2/c1-2-5-17-9-3-4-10(11(16)6-9)12-14-7-13-8-15-12/h3-4,6-8,16H,2,5H2,1H3. The van der Waals surface area contributed by atoms with Gasteiger partial charge in [-0.1, -0.05) is 6.92 Å². The zero-order valence-electron chi connectivity index (χ0n) is 9.50. The van der Waals surface area contributed by atoms with E-state index >= 15 is 0 Å². The third kappa shape index (κ3) is 2.69. The SMILES string of the molecule is CCCOc1ccc(-c2ncncn2)c(O)c1. The molecule has 0 spiro atoms. The average Bonchev–Trinajstić information content (AvgIpc) is 2.37. The molecular formula is C12H13N3O2. The number of rotatable bonds is 4. The Morgan fingerprint density at radius 2 is 2.00 bits per heavy atom. The predicted octanol–water partition coefficient (Wildman–Crippen LogP) is 2.03. The van der Waals surface area contributed by atoms with Crippen LogP contribution in [0.25, 0.3) is 11.4 Å². The fourth-order valence-corrected chi connectivity index (χ4v) is 1.39. The van der Waals surface area contributed by atoms with Gasteiger partial charge in [-0.3, -0.25) is 0 Å². The summed E-state index contributed by atoms with van der Waals surface area (Å²) in [5, 5.41) is 9.86. The molecule has 5 nitrogen and oxygen atoms in total. The zero-order valence-corrected chi connectivity index (χ0v) is 9.50. The lowest BCUT2D eigenvalue weighted by Crippen LogP contribution is -1.95. The number of phenols is 1. The summed E-state index contributed by atoms with van der Waals surface area (Å²) in [5.41, 5.74) is 0.566. The van der Waals surface area contributed by atoms with Gasteiger partial charge in [0.25, 0.3) is 0 Å². The molecule has 0 radical (unpaired) electrons. The number of aromatic hydroxyl groups is 1. The molecule has 88 valence electrons. The van der Waals surface area contributed by atoms with Gasteiger partial charge in [0.2, 0.25) is 0 Å². The van der Waals surface area contributed by atoms with Gasteiger partial charge in [-0.05, 0) is 18.6 Å². The second kappa shape index (κ2) is 5.25. The molecule has 0 aliphatic rings. The van der Waals surface area contributed by atoms with Gasteiger partial charge in [0, 0.05) is 6.07 Å². The Labute approximate surface area is 99.2 Å². The van der Waals surface area contributed by atoms with Crippen molar-refractivity contribution in [3.05, 3.63) is 30.9 Å². The topological polar surface area (TPSA) is 68.1 Å². The Morgan fingerprint density at radius 3 is 2.65 bits per heavy atom. The van der Waals surface area contributed by atoms with Crippen LogP contribution < -0.4 is 4.74 Å². The summed E-state index contributed by atoms with van der Waals surface area (Å²) in [6.45, 7) is 2.66. The summed E-state index contributed by atoms with van der Waals surface area (Å²) in [5.74, 6) is 1.19. The van der Waals surface area contributed by atoms with Gasteiger partial charge in [-0.2, -0.15) is 0 Å². The van der Waals surface area contributed by atoms with Gasteiger partial charge in [-0.25, -0.2) is 15.0 Å². The van der Waals surface area contributed by atoms with Crippen LogP contribution in [0.2, 0.25) is 0 Å². The molecule has 2 aromatic rings. The Morgan fingerprint density at radius 1 is 1.24 bits per heavy atom. The fourth-order valence-electron chi connectivity index (χ4n) is 1.39. The maximum absolute atomic E-state index is 9.86. The highest BCUT2D eigenvalue weighted by Crippen LogP contribution is 2.29. The van der Waals surface area contributed by atoms with Crippen LogP contribution in [-0.2, 0) is 0 Å². The second-order valence-corrected chi connectivity index (χ2v) is 3.49. The average molecular weight is 231 g/mol. The maximum Gasteiger partial charge on any atom is 0.166 e. The van der Waals surface area contributed by atoms with Crippen molar-refractivity contribution >= 4 is 0 Å². The molecule has 1 N–H and O–H groups in total. The summed E-state index contributed by atoms with van der Waals surface area (Å²) < 4.78 is 5.41. The number of hydrogen-bond donors (Lipinski definition) is 1. The first kappa shape index (κ1) is 11.3. The molecule has 1 aromatic carbocycles. The molecule has 0 aliphatic heterocycles. The molecule has 1 aromatic heterocycles. The van der Waals surface area contributed by atoms with Crippen LogP contribution in [0.4, 0.5) is 0 Å². The first-order valence-electron chi connectivity index (χ1n) is 5.39. The number of ether oxygens (including phenoxy) is 1. The molecule has 0 saturated carbocycles. The van der Waals surface area contributed by atoms with E-state index in [1.165, 1.54) is 12.7 Å². The molecule has 17 heavy (non-hydrogen) atoms. The minimum Gasteiger partial charge on any atom is -0.507 e. The molecule has 0 saturated heterocycles. The summed E-state index contributed by atoms with van der Waals surface area (Å²) >= 11 is 0. The van der Waals surface area contributed by atoms with Crippen LogP contribution in [0.3, 0.4) is 0 Å². The molecule has 0 aliphatic carbocycles. The van der Waals surface area contributed by atoms with Crippen molar-refractivity contribution in [1.29, 1.82) is 0 Å². The number of phenolic OH excluding ortho intramolecular Hbond substituents is 1. The van der Waals surface area contributed by atoms with Gasteiger partial charge in [0.05, 0.1) is 12.2 Å². The highest BCUT2D eigenvalue weighted by Gasteiger charge is 2.07. The van der Waals surface area contributed by atoms with Crippen LogP contribution in [0.15, 0.2) is 30.9 Å². The van der Waals surface area contributed by atoms with Crippen molar-refractivity contribution in [1.82, 2.24) is 15.0 Å². The Kier molecular flexibility index (Phi) is 3.49. The van der Waals surface area contributed by atoms with Crippen molar-refractivity contribution in [2.45, 2.75) is 13.3 Å². The van der Waals surface area contributed by atoms with Gasteiger partial charge in [0.1, 0.15) is 24.2 Å². The molecule has 1 heterocycles. The van der Waals surface area contributed by atoms with Crippen LogP contribution in [0, 0.1) is 0 Å². The molecule has 0 unspecified atom stereocenters. The van der Waals surface area contributed by atoms with Crippen LogP contribution in [0.5, 0.6) is 11.5 Å². The molecule has 5 heteroatoms. The van der Waals surface area contributed by atoms with E-state index in [0.717, 1.165) is 6.42 Å². The van der Waals surface area contributed by atoms with Gasteiger partial charge in [0.15, 0.2) is 5.82 Å². The molecular weight excluding hydrogens is 218 g/mol. The van der Waals surface area contributed by atoms with E-state index in [9.17, 15) is 5.11 Å². The highest BCUT2D eigenvalue weighted by molar-refractivity contribution is 5.64. The molecule has 0 bridgehead atoms. The van der Waals surface area contributed by atoms with E-state index < -0.39 is 0 Å². The first-order valence-corrected chi connectivity index (χ1v) is 5.39. The summed E-state index contributed by atoms with van der Waals surface area (Å²) in [6, 6.07) is 5.08. The van der Waals surface area contributed by atoms with E-state index in [0.29, 0.717) is 23.7 Å². The third-order valence-corrected chi connectivity index (χ3v) is 2.18. The van der Waals surface area contributed by atoms with Crippen molar-refractivity contribution in [3.8, 4) is 22.9 Å². The van der Waals surface area contributed by atoms with E-state index in [2.05, 4.69) is 15.0 Å². The van der Waals surface area contributed by atoms with Crippen molar-refractivity contribution in [2.75, 3.05) is 6.61 Å². The maximum atomic E-state index is 9.86. The van der Waals surface area contributed by atoms with E-state index in [1.54, 1.807) is 18.2 Å². The lowest BCUT2D eigenvalue weighted by Gasteiger charge is -2.07. The minimum absolute atomic E-state index is 0.102. The number of nitrogens with zero attached hydrogens (tertiary/aromatic N) is 3. The Balaban J connectivity index is 2.26. The van der Waals surface area contributed by atoms with E-state index in [4.69, 9.17) is 4.74 Å². The van der Waals surface area contributed by atoms with Crippen LogP contribution >= 0.6 is 0 Å². The molecule has 0 fully saturated rings. The number of aromatic nitrogens is 3. The van der Waals surface area contributed by atoms with Gasteiger partial charge in [-0.15, -0.1) is 0 Å². The summed E-state index contributed by atoms with van der Waals surface area (Å²) in [7, 11) is 0. The zero-order chi connectivity index (χ0) is 12.1. The van der Waals surface area contributed by atoms with Crippen molar-refractivity contribution in [3.63, 3.8) is 0 Å². The minimum atomic E-state index is 0.102. The number of hydrogen-bond acceptors (Lipinski definition) is 5. The predicted molar refractivity (Wildman–Crippen MR) is 62.7 cm³/mol. The van der Waals surface area contributed by atoms with E-state index in [-0.39, 0.29) is 5.75 Å². The van der Waals surface area contributed by atoms with Crippen molar-refractivity contribution < 1.29 is 9.84 Å². The smallest absolute Gasteiger partial charge is 0.166 e. The molecule has 0 amide bonds. The molecule has 2 rings (SSSR count). The monoisotopic (exact) mass is 231 g/mol. The van der Waals surface area contributed by atoms with Crippen molar-refractivity contribution in [2.24, 2.45) is 0 Å². The van der Waals surface area contributed by atoms with Gasteiger partial charge < -0.3 is 9.84 Å². The fraction of sp³-hybridized carbons (Fsp3) is 0.250. The first-order chi connectivity index (χ1) is 8.31. The second-order valence-electron chi connectivity index (χ2n) is 3.49. The van der Waals surface area contributed by atoms with Gasteiger partial charge >= 0.3 is 0 Å². The Hall–Kier alpha value is -2.17.